The highest BCUT2D eigenvalue weighted by molar-refractivity contribution is 5.95. The Bertz CT molecular complexity index is 446. The van der Waals surface area contributed by atoms with Crippen molar-refractivity contribution >= 4 is 17.3 Å². The molecule has 1 N–H and O–H groups in total. The van der Waals surface area contributed by atoms with Gasteiger partial charge in [-0.1, -0.05) is 19.4 Å². The predicted octanol–water partition coefficient (Wildman–Crippen LogP) is 2.73. The molecule has 0 unspecified atom stereocenters. The van der Waals surface area contributed by atoms with Crippen LogP contribution in [0.5, 0.6) is 5.75 Å². The first-order valence-electron chi connectivity index (χ1n) is 5.71. The molecule has 0 aliphatic heterocycles. The van der Waals surface area contributed by atoms with Crippen LogP contribution in [0.3, 0.4) is 0 Å². The molecule has 0 heterocycles. The van der Waals surface area contributed by atoms with Gasteiger partial charge in [-0.15, -0.1) is 0 Å². The van der Waals surface area contributed by atoms with Crippen molar-refractivity contribution in [1.29, 1.82) is 0 Å². The number of ether oxygens (including phenoxy) is 1. The molecule has 1 rings (SSSR count). The molecule has 0 bridgehead atoms. The van der Waals surface area contributed by atoms with Gasteiger partial charge in [-0.3, -0.25) is 14.9 Å². The van der Waals surface area contributed by atoms with E-state index in [1.54, 1.807) is 6.07 Å². The maximum absolute atomic E-state index is 11.6. The quantitative estimate of drug-likeness (QED) is 0.623. The van der Waals surface area contributed by atoms with Crippen molar-refractivity contribution in [1.82, 2.24) is 0 Å². The lowest BCUT2D eigenvalue weighted by Gasteiger charge is -2.10. The summed E-state index contributed by atoms with van der Waals surface area (Å²) in [6.07, 6.45) is 1.97. The molecule has 6 heteroatoms. The minimum atomic E-state index is -0.544. The Balaban J connectivity index is 2.97. The topological polar surface area (TPSA) is 81.5 Å². The average molecular weight is 252 g/mol. The molecule has 18 heavy (non-hydrogen) atoms. The van der Waals surface area contributed by atoms with Gasteiger partial charge in [0.1, 0.15) is 5.75 Å². The van der Waals surface area contributed by atoms with E-state index in [0.29, 0.717) is 6.42 Å². The van der Waals surface area contributed by atoms with Crippen molar-refractivity contribution in [3.05, 3.63) is 28.3 Å². The second-order valence-electron chi connectivity index (χ2n) is 3.76. The van der Waals surface area contributed by atoms with Gasteiger partial charge in [0.15, 0.2) is 5.69 Å². The van der Waals surface area contributed by atoms with Gasteiger partial charge in [-0.2, -0.15) is 0 Å². The summed E-state index contributed by atoms with van der Waals surface area (Å²) in [5.74, 6) is 0.0403. The molecule has 0 aliphatic rings. The fourth-order valence-electron chi connectivity index (χ4n) is 1.51. The Hall–Kier alpha value is -2.11. The molecule has 0 spiro atoms. The number of hydrogen-bond acceptors (Lipinski definition) is 4. The number of nitro benzene ring substituents is 1. The number of carbonyl (C=O) groups excluding carboxylic acids is 1. The average Bonchev–Trinajstić information content (AvgIpc) is 2.36. The second kappa shape index (κ2) is 6.58. The molecule has 6 nitrogen and oxygen atoms in total. The molecule has 1 amide bonds. The Kier molecular flexibility index (Phi) is 5.10. The zero-order chi connectivity index (χ0) is 13.5. The minimum Gasteiger partial charge on any atom is -0.494 e. The molecule has 0 radical (unpaired) electrons. The normalized spacial score (nSPS) is 9.89. The van der Waals surface area contributed by atoms with Crippen LogP contribution < -0.4 is 10.1 Å². The summed E-state index contributed by atoms with van der Waals surface area (Å²) in [6, 6.07) is 4.42. The summed E-state index contributed by atoms with van der Waals surface area (Å²) < 4.78 is 5.02. The van der Waals surface area contributed by atoms with E-state index in [0.717, 1.165) is 12.8 Å². The standard InChI is InChI=1S/C12H16N2O4/c1-3-4-8-11(15)13-12-9(14(16)17)6-5-7-10(12)18-2/h5-7H,3-4,8H2,1-2H3,(H,13,15). The van der Waals surface area contributed by atoms with E-state index in [1.807, 2.05) is 6.92 Å². The highest BCUT2D eigenvalue weighted by Gasteiger charge is 2.19. The number of amides is 1. The second-order valence-corrected chi connectivity index (χ2v) is 3.76. The van der Waals surface area contributed by atoms with E-state index in [2.05, 4.69) is 5.32 Å². The fourth-order valence-corrected chi connectivity index (χ4v) is 1.51. The van der Waals surface area contributed by atoms with Crippen molar-refractivity contribution < 1.29 is 14.5 Å². The van der Waals surface area contributed by atoms with Crippen LogP contribution in [0.15, 0.2) is 18.2 Å². The maximum Gasteiger partial charge on any atom is 0.296 e. The molecular weight excluding hydrogens is 236 g/mol. The minimum absolute atomic E-state index is 0.117. The van der Waals surface area contributed by atoms with Crippen LogP contribution in [0.2, 0.25) is 0 Å². The molecule has 0 aliphatic carbocycles. The van der Waals surface area contributed by atoms with Gasteiger partial charge in [-0.25, -0.2) is 0 Å². The maximum atomic E-state index is 11.6. The first-order chi connectivity index (χ1) is 8.60. The number of rotatable bonds is 6. The zero-order valence-corrected chi connectivity index (χ0v) is 10.4. The highest BCUT2D eigenvalue weighted by Crippen LogP contribution is 2.33. The number of para-hydroxylation sites is 1. The number of carbonyl (C=O) groups is 1. The number of anilines is 1. The van der Waals surface area contributed by atoms with Gasteiger partial charge in [0.05, 0.1) is 12.0 Å². The van der Waals surface area contributed by atoms with Crippen molar-refractivity contribution in [3.63, 3.8) is 0 Å². The Labute approximate surface area is 105 Å². The fraction of sp³-hybridized carbons (Fsp3) is 0.417. The van der Waals surface area contributed by atoms with Crippen molar-refractivity contribution in [2.45, 2.75) is 26.2 Å². The van der Waals surface area contributed by atoms with E-state index in [4.69, 9.17) is 4.74 Å². The third kappa shape index (κ3) is 3.44. The number of methoxy groups -OCH3 is 1. The Morgan fingerprint density at radius 1 is 1.50 bits per heavy atom. The summed E-state index contributed by atoms with van der Waals surface area (Å²) >= 11 is 0. The summed E-state index contributed by atoms with van der Waals surface area (Å²) in [5.41, 5.74) is -0.0506. The first-order valence-corrected chi connectivity index (χ1v) is 5.71. The van der Waals surface area contributed by atoms with Crippen LogP contribution in [0, 0.1) is 10.1 Å². The van der Waals surface area contributed by atoms with Gasteiger partial charge < -0.3 is 10.1 Å². The molecule has 0 fully saturated rings. The van der Waals surface area contributed by atoms with Crippen molar-refractivity contribution in [3.8, 4) is 5.75 Å². The molecule has 0 atom stereocenters. The van der Waals surface area contributed by atoms with E-state index in [9.17, 15) is 14.9 Å². The van der Waals surface area contributed by atoms with Gasteiger partial charge in [0.2, 0.25) is 5.91 Å². The number of nitrogens with zero attached hydrogens (tertiary/aromatic N) is 1. The number of hydrogen-bond donors (Lipinski definition) is 1. The van der Waals surface area contributed by atoms with Gasteiger partial charge in [-0.05, 0) is 12.5 Å². The summed E-state index contributed by atoms with van der Waals surface area (Å²) in [6.45, 7) is 1.97. The first kappa shape index (κ1) is 14.0. The SMILES string of the molecule is CCCCC(=O)Nc1c(OC)cccc1[N+](=O)[O-]. The molecule has 98 valence electrons. The van der Waals surface area contributed by atoms with Crippen LogP contribution in [-0.2, 0) is 4.79 Å². The van der Waals surface area contributed by atoms with Crippen LogP contribution in [-0.4, -0.2) is 17.9 Å². The monoisotopic (exact) mass is 252 g/mol. The van der Waals surface area contributed by atoms with Crippen LogP contribution >= 0.6 is 0 Å². The molecule has 0 saturated heterocycles. The molecule has 0 aromatic heterocycles. The lowest BCUT2D eigenvalue weighted by atomic mass is 10.2. The molecule has 1 aromatic carbocycles. The number of benzene rings is 1. The van der Waals surface area contributed by atoms with E-state index in [1.165, 1.54) is 19.2 Å². The smallest absolute Gasteiger partial charge is 0.296 e. The zero-order valence-electron chi connectivity index (χ0n) is 10.4. The van der Waals surface area contributed by atoms with Gasteiger partial charge >= 0.3 is 0 Å². The van der Waals surface area contributed by atoms with E-state index < -0.39 is 4.92 Å². The largest absolute Gasteiger partial charge is 0.494 e. The van der Waals surface area contributed by atoms with Crippen LogP contribution in [0.4, 0.5) is 11.4 Å². The molecule has 1 aromatic rings. The molecular formula is C12H16N2O4. The van der Waals surface area contributed by atoms with Crippen molar-refractivity contribution in [2.24, 2.45) is 0 Å². The highest BCUT2D eigenvalue weighted by atomic mass is 16.6. The number of unbranched alkanes of at least 4 members (excludes halogenated alkanes) is 1. The van der Waals surface area contributed by atoms with Crippen molar-refractivity contribution in [2.75, 3.05) is 12.4 Å². The van der Waals surface area contributed by atoms with Gasteiger partial charge in [0.25, 0.3) is 5.69 Å². The summed E-state index contributed by atoms with van der Waals surface area (Å²) in [7, 11) is 1.40. The molecule has 0 saturated carbocycles. The van der Waals surface area contributed by atoms with Crippen LogP contribution in [0.25, 0.3) is 0 Å². The van der Waals surface area contributed by atoms with E-state index in [-0.39, 0.29) is 23.0 Å². The summed E-state index contributed by atoms with van der Waals surface area (Å²) in [5, 5.41) is 13.4. The van der Waals surface area contributed by atoms with E-state index >= 15 is 0 Å². The third-order valence-electron chi connectivity index (χ3n) is 2.44. The lowest BCUT2D eigenvalue weighted by Crippen LogP contribution is -2.13. The van der Waals surface area contributed by atoms with Gasteiger partial charge in [0, 0.05) is 12.5 Å². The Morgan fingerprint density at radius 2 is 2.22 bits per heavy atom. The Morgan fingerprint density at radius 3 is 2.78 bits per heavy atom. The number of nitrogens with one attached hydrogen (secondary N) is 1. The third-order valence-corrected chi connectivity index (χ3v) is 2.44. The van der Waals surface area contributed by atoms with Crippen LogP contribution in [0.1, 0.15) is 26.2 Å². The summed E-state index contributed by atoms with van der Waals surface area (Å²) in [4.78, 5) is 22.0. The lowest BCUT2D eigenvalue weighted by molar-refractivity contribution is -0.384. The predicted molar refractivity (Wildman–Crippen MR) is 67.8 cm³/mol. The number of nitro groups is 1.